The van der Waals surface area contributed by atoms with Crippen LogP contribution in [0.3, 0.4) is 0 Å². The molecule has 0 saturated heterocycles. The summed E-state index contributed by atoms with van der Waals surface area (Å²) in [6.45, 7) is 4.60. The third-order valence-corrected chi connectivity index (χ3v) is 2.73. The molecular formula is C12H19N3O. The monoisotopic (exact) mass is 221 g/mol. The van der Waals surface area contributed by atoms with Crippen molar-refractivity contribution in [3.05, 3.63) is 23.5 Å². The van der Waals surface area contributed by atoms with Crippen LogP contribution in [-0.2, 0) is 18.2 Å². The van der Waals surface area contributed by atoms with Gasteiger partial charge in [0.25, 0.3) is 0 Å². The molecule has 0 unspecified atom stereocenters. The molecule has 0 aliphatic carbocycles. The summed E-state index contributed by atoms with van der Waals surface area (Å²) in [5.41, 5.74) is 3.59. The van der Waals surface area contributed by atoms with Gasteiger partial charge in [0.1, 0.15) is 0 Å². The number of aryl methyl sites for hydroxylation is 2. The lowest BCUT2D eigenvalue weighted by Gasteiger charge is -2.14. The van der Waals surface area contributed by atoms with E-state index in [0.29, 0.717) is 0 Å². The molecule has 0 radical (unpaired) electrons. The van der Waals surface area contributed by atoms with Gasteiger partial charge in [-0.1, -0.05) is 13.0 Å². The number of aromatic nitrogens is 2. The number of ether oxygens (including phenoxy) is 1. The van der Waals surface area contributed by atoms with Crippen LogP contribution in [-0.4, -0.2) is 29.5 Å². The smallest absolute Gasteiger partial charge is 0.0853 e. The Labute approximate surface area is 96.3 Å². The van der Waals surface area contributed by atoms with Gasteiger partial charge in [-0.3, -0.25) is 4.68 Å². The van der Waals surface area contributed by atoms with Crippen molar-refractivity contribution in [3.8, 4) is 0 Å². The lowest BCUT2D eigenvalue weighted by Crippen LogP contribution is -2.14. The molecule has 0 atom stereocenters. The minimum atomic E-state index is 0.759. The summed E-state index contributed by atoms with van der Waals surface area (Å²) in [5, 5.41) is 7.82. The molecule has 1 N–H and O–H groups in total. The highest BCUT2D eigenvalue weighted by Gasteiger charge is 2.07. The molecule has 4 heteroatoms. The van der Waals surface area contributed by atoms with Crippen LogP contribution in [0.1, 0.15) is 19.0 Å². The Bertz CT molecular complexity index is 382. The van der Waals surface area contributed by atoms with Crippen LogP contribution in [0.15, 0.2) is 17.8 Å². The highest BCUT2D eigenvalue weighted by molar-refractivity contribution is 5.47. The van der Waals surface area contributed by atoms with Gasteiger partial charge in [0.15, 0.2) is 0 Å². The van der Waals surface area contributed by atoms with Gasteiger partial charge in [-0.15, -0.1) is 0 Å². The van der Waals surface area contributed by atoms with E-state index in [1.807, 2.05) is 17.9 Å². The number of nitrogens with one attached hydrogen (secondary N) is 1. The van der Waals surface area contributed by atoms with Gasteiger partial charge in [-0.2, -0.15) is 5.10 Å². The number of nitrogens with zero attached hydrogens (tertiary/aromatic N) is 2. The van der Waals surface area contributed by atoms with Gasteiger partial charge in [-0.25, -0.2) is 0 Å². The summed E-state index contributed by atoms with van der Waals surface area (Å²) in [7, 11) is 1.95. The maximum Gasteiger partial charge on any atom is 0.0853 e. The Morgan fingerprint density at radius 3 is 3.12 bits per heavy atom. The number of anilines is 1. The molecule has 0 amide bonds. The number of rotatable bonds is 4. The van der Waals surface area contributed by atoms with Crippen molar-refractivity contribution in [2.45, 2.75) is 19.8 Å². The Kier molecular flexibility index (Phi) is 3.62. The molecule has 0 fully saturated rings. The molecular weight excluding hydrogens is 202 g/mol. The molecule has 0 saturated carbocycles. The van der Waals surface area contributed by atoms with Crippen molar-refractivity contribution < 1.29 is 4.74 Å². The fourth-order valence-corrected chi connectivity index (χ4v) is 1.88. The van der Waals surface area contributed by atoms with E-state index < -0.39 is 0 Å². The third-order valence-electron chi connectivity index (χ3n) is 2.73. The molecule has 16 heavy (non-hydrogen) atoms. The Morgan fingerprint density at radius 2 is 2.44 bits per heavy atom. The van der Waals surface area contributed by atoms with Gasteiger partial charge in [-0.05, 0) is 18.4 Å². The third kappa shape index (κ3) is 2.64. The first-order chi connectivity index (χ1) is 7.79. The average molecular weight is 221 g/mol. The molecule has 1 aromatic heterocycles. The van der Waals surface area contributed by atoms with Gasteiger partial charge in [0.05, 0.1) is 24.6 Å². The molecule has 1 aliphatic heterocycles. The molecule has 0 aromatic carbocycles. The van der Waals surface area contributed by atoms with Gasteiger partial charge in [0.2, 0.25) is 0 Å². The summed E-state index contributed by atoms with van der Waals surface area (Å²) in [6.07, 6.45) is 6.28. The highest BCUT2D eigenvalue weighted by atomic mass is 16.5. The number of hydrogen-bond acceptors (Lipinski definition) is 3. The minimum absolute atomic E-state index is 0.759. The summed E-state index contributed by atoms with van der Waals surface area (Å²) in [5.74, 6) is 0. The predicted molar refractivity (Wildman–Crippen MR) is 64.6 cm³/mol. The fraction of sp³-hybridized carbons (Fsp3) is 0.583. The van der Waals surface area contributed by atoms with Crippen molar-refractivity contribution in [3.63, 3.8) is 0 Å². The fourth-order valence-electron chi connectivity index (χ4n) is 1.88. The van der Waals surface area contributed by atoms with Crippen LogP contribution in [0.25, 0.3) is 0 Å². The molecule has 88 valence electrons. The Hall–Kier alpha value is -1.29. The quantitative estimate of drug-likeness (QED) is 0.787. The van der Waals surface area contributed by atoms with Crippen LogP contribution in [0, 0.1) is 0 Å². The summed E-state index contributed by atoms with van der Waals surface area (Å²) < 4.78 is 7.26. The first-order valence-corrected chi connectivity index (χ1v) is 5.81. The van der Waals surface area contributed by atoms with Crippen molar-refractivity contribution in [1.82, 2.24) is 9.78 Å². The van der Waals surface area contributed by atoms with E-state index in [1.54, 1.807) is 0 Å². The lowest BCUT2D eigenvalue weighted by molar-refractivity contribution is 0.150. The SMILES string of the molecule is CCc1nn(C)cc1NCC1=CCCOC1. The first-order valence-electron chi connectivity index (χ1n) is 5.81. The van der Waals surface area contributed by atoms with E-state index in [9.17, 15) is 0 Å². The van der Waals surface area contributed by atoms with Crippen LogP contribution in [0.5, 0.6) is 0 Å². The average Bonchev–Trinajstić information content (AvgIpc) is 2.68. The van der Waals surface area contributed by atoms with Crippen molar-refractivity contribution in [1.29, 1.82) is 0 Å². The zero-order valence-electron chi connectivity index (χ0n) is 9.99. The molecule has 4 nitrogen and oxygen atoms in total. The van der Waals surface area contributed by atoms with Crippen LogP contribution in [0.4, 0.5) is 5.69 Å². The standard InChI is InChI=1S/C12H19N3O/c1-3-11-12(8-15(2)14-11)13-7-10-5-4-6-16-9-10/h5,8,13H,3-4,6-7,9H2,1-2H3. The van der Waals surface area contributed by atoms with Crippen molar-refractivity contribution >= 4 is 5.69 Å². The van der Waals surface area contributed by atoms with E-state index in [1.165, 1.54) is 5.57 Å². The largest absolute Gasteiger partial charge is 0.378 e. The molecule has 2 heterocycles. The van der Waals surface area contributed by atoms with E-state index in [0.717, 1.165) is 44.0 Å². The van der Waals surface area contributed by atoms with Crippen molar-refractivity contribution in [2.24, 2.45) is 7.05 Å². The number of hydrogen-bond donors (Lipinski definition) is 1. The second-order valence-corrected chi connectivity index (χ2v) is 4.07. The van der Waals surface area contributed by atoms with E-state index in [-0.39, 0.29) is 0 Å². The van der Waals surface area contributed by atoms with E-state index >= 15 is 0 Å². The van der Waals surface area contributed by atoms with E-state index in [2.05, 4.69) is 23.4 Å². The molecule has 1 aromatic rings. The second kappa shape index (κ2) is 5.16. The lowest BCUT2D eigenvalue weighted by atomic mass is 10.2. The minimum Gasteiger partial charge on any atom is -0.378 e. The highest BCUT2D eigenvalue weighted by Crippen LogP contribution is 2.15. The summed E-state index contributed by atoms with van der Waals surface area (Å²) >= 11 is 0. The van der Waals surface area contributed by atoms with Gasteiger partial charge in [0, 0.05) is 19.8 Å². The van der Waals surface area contributed by atoms with Crippen LogP contribution in [0.2, 0.25) is 0 Å². The van der Waals surface area contributed by atoms with Crippen LogP contribution < -0.4 is 5.32 Å². The zero-order chi connectivity index (χ0) is 11.4. The summed E-state index contributed by atoms with van der Waals surface area (Å²) in [6, 6.07) is 0. The Balaban J connectivity index is 1.95. The summed E-state index contributed by atoms with van der Waals surface area (Å²) in [4.78, 5) is 0. The normalized spacial score (nSPS) is 16.0. The zero-order valence-corrected chi connectivity index (χ0v) is 9.99. The molecule has 0 bridgehead atoms. The van der Waals surface area contributed by atoms with Crippen LogP contribution >= 0.6 is 0 Å². The predicted octanol–water partition coefficient (Wildman–Crippen LogP) is 1.74. The molecule has 2 rings (SSSR count). The van der Waals surface area contributed by atoms with Gasteiger partial charge < -0.3 is 10.1 Å². The maximum atomic E-state index is 5.40. The molecule has 0 spiro atoms. The maximum absolute atomic E-state index is 5.40. The topological polar surface area (TPSA) is 39.1 Å². The second-order valence-electron chi connectivity index (χ2n) is 4.07. The van der Waals surface area contributed by atoms with Gasteiger partial charge >= 0.3 is 0 Å². The molecule has 1 aliphatic rings. The van der Waals surface area contributed by atoms with E-state index in [4.69, 9.17) is 4.74 Å². The Morgan fingerprint density at radius 1 is 1.56 bits per heavy atom. The van der Waals surface area contributed by atoms with Crippen molar-refractivity contribution in [2.75, 3.05) is 25.1 Å². The first kappa shape index (κ1) is 11.2.